The lowest BCUT2D eigenvalue weighted by Crippen LogP contribution is -2.41. The number of hydrogen-bond acceptors (Lipinski definition) is 7. The highest BCUT2D eigenvalue weighted by atomic mass is 16.5. The third-order valence-electron chi connectivity index (χ3n) is 5.13. The van der Waals surface area contributed by atoms with Crippen LogP contribution in [0.2, 0.25) is 0 Å². The first kappa shape index (κ1) is 21.3. The minimum Gasteiger partial charge on any atom is -0.395 e. The second kappa shape index (κ2) is 9.07. The smallest absolute Gasteiger partial charge is 0.231 e. The number of hydrogen-bond donors (Lipinski definition) is 2. The van der Waals surface area contributed by atoms with Gasteiger partial charge in [0, 0.05) is 29.9 Å². The van der Waals surface area contributed by atoms with Crippen molar-refractivity contribution in [3.8, 4) is 34.0 Å². The van der Waals surface area contributed by atoms with E-state index < -0.39 is 5.41 Å². The number of benzene rings is 1. The molecule has 1 amide bonds. The number of pyridine rings is 1. The van der Waals surface area contributed by atoms with Crippen molar-refractivity contribution < 1.29 is 14.4 Å². The molecule has 1 aromatic carbocycles. The molecule has 0 saturated heterocycles. The number of nitrogens with one attached hydrogen (secondary N) is 1. The van der Waals surface area contributed by atoms with Crippen LogP contribution in [0.5, 0.6) is 0 Å². The van der Waals surface area contributed by atoms with Gasteiger partial charge in [-0.2, -0.15) is 0 Å². The van der Waals surface area contributed by atoms with Crippen molar-refractivity contribution in [1.82, 2.24) is 25.4 Å². The van der Waals surface area contributed by atoms with Crippen molar-refractivity contribution in [3.05, 3.63) is 72.8 Å². The molecule has 3 aromatic heterocycles. The molecule has 8 heteroatoms. The summed E-state index contributed by atoms with van der Waals surface area (Å²) in [6, 6.07) is 15.2. The van der Waals surface area contributed by atoms with Gasteiger partial charge in [0.2, 0.25) is 5.91 Å². The molecule has 4 rings (SSSR count). The average Bonchev–Trinajstić information content (AvgIpc) is 3.34. The van der Waals surface area contributed by atoms with Crippen LogP contribution in [0, 0.1) is 0 Å². The Morgan fingerprint density at radius 3 is 2.59 bits per heavy atom. The number of nitrogens with zero attached hydrogens (tertiary/aromatic N) is 4. The molecule has 0 saturated carbocycles. The van der Waals surface area contributed by atoms with Crippen LogP contribution in [-0.4, -0.2) is 44.3 Å². The van der Waals surface area contributed by atoms with Crippen LogP contribution in [0.15, 0.2) is 71.6 Å². The molecular weight excluding hydrogens is 406 g/mol. The highest BCUT2D eigenvalue weighted by molar-refractivity contribution is 5.87. The van der Waals surface area contributed by atoms with E-state index in [4.69, 9.17) is 9.63 Å². The molecule has 4 aromatic rings. The van der Waals surface area contributed by atoms with Gasteiger partial charge in [-0.15, -0.1) is 0 Å². The van der Waals surface area contributed by atoms with Crippen LogP contribution in [0.3, 0.4) is 0 Å². The molecule has 0 aliphatic rings. The first-order valence-corrected chi connectivity index (χ1v) is 10.2. The maximum absolute atomic E-state index is 12.5. The molecule has 2 N–H and O–H groups in total. The zero-order valence-electron chi connectivity index (χ0n) is 17.8. The minimum absolute atomic E-state index is 0.120. The fourth-order valence-electron chi connectivity index (χ4n) is 3.20. The molecule has 0 unspecified atom stereocenters. The van der Waals surface area contributed by atoms with Gasteiger partial charge in [-0.25, -0.2) is 4.98 Å². The Hall–Kier alpha value is -3.91. The summed E-state index contributed by atoms with van der Waals surface area (Å²) < 4.78 is 5.50. The van der Waals surface area contributed by atoms with Crippen molar-refractivity contribution in [1.29, 1.82) is 0 Å². The number of carbonyl (C=O) groups is 1. The van der Waals surface area contributed by atoms with E-state index in [0.717, 1.165) is 16.8 Å². The number of aliphatic hydroxyl groups is 1. The van der Waals surface area contributed by atoms with E-state index in [9.17, 15) is 4.79 Å². The van der Waals surface area contributed by atoms with Gasteiger partial charge in [0.05, 0.1) is 35.8 Å². The van der Waals surface area contributed by atoms with E-state index in [0.29, 0.717) is 22.8 Å². The van der Waals surface area contributed by atoms with Gasteiger partial charge >= 0.3 is 0 Å². The van der Waals surface area contributed by atoms with E-state index in [1.54, 1.807) is 32.4 Å². The summed E-state index contributed by atoms with van der Waals surface area (Å²) in [6.07, 6.45) is 4.91. The van der Waals surface area contributed by atoms with E-state index in [2.05, 4.69) is 25.4 Å². The highest BCUT2D eigenvalue weighted by Crippen LogP contribution is 2.28. The molecule has 0 fully saturated rings. The number of aromatic nitrogens is 4. The summed E-state index contributed by atoms with van der Waals surface area (Å²) in [7, 11) is 0. The van der Waals surface area contributed by atoms with Gasteiger partial charge in [0.1, 0.15) is 11.4 Å². The van der Waals surface area contributed by atoms with Crippen molar-refractivity contribution in [2.45, 2.75) is 19.3 Å². The summed E-state index contributed by atoms with van der Waals surface area (Å²) in [5.74, 6) is 0.294. The Balaban J connectivity index is 1.63. The zero-order valence-corrected chi connectivity index (χ0v) is 17.8. The number of amides is 1. The van der Waals surface area contributed by atoms with Crippen LogP contribution in [0.4, 0.5) is 0 Å². The molecule has 0 spiro atoms. The summed E-state index contributed by atoms with van der Waals surface area (Å²) in [6.45, 7) is 3.64. The molecule has 0 atom stereocenters. The monoisotopic (exact) mass is 429 g/mol. The lowest BCUT2D eigenvalue weighted by molar-refractivity contribution is -0.125. The van der Waals surface area contributed by atoms with Gasteiger partial charge < -0.3 is 14.9 Å². The summed E-state index contributed by atoms with van der Waals surface area (Å²) in [5.41, 5.74) is 3.32. The standard InChI is InChI=1S/C24H23N5O3/c1-24(2,23(31)27-10-11-30)22-12-17(8-9-26-22)19-14-25-15-20(28-19)21-13-18(29-32-21)16-6-4-3-5-7-16/h3-9,12-15,30H,10-11H2,1-2H3,(H,27,31). The van der Waals surface area contributed by atoms with Gasteiger partial charge in [0.25, 0.3) is 0 Å². The van der Waals surface area contributed by atoms with Crippen molar-refractivity contribution >= 4 is 5.91 Å². The first-order valence-electron chi connectivity index (χ1n) is 10.2. The third kappa shape index (κ3) is 4.40. The molecule has 32 heavy (non-hydrogen) atoms. The highest BCUT2D eigenvalue weighted by Gasteiger charge is 2.31. The second-order valence-electron chi connectivity index (χ2n) is 7.77. The predicted molar refractivity (Wildman–Crippen MR) is 119 cm³/mol. The molecule has 162 valence electrons. The average molecular weight is 429 g/mol. The first-order chi connectivity index (χ1) is 15.5. The van der Waals surface area contributed by atoms with Crippen LogP contribution < -0.4 is 5.32 Å². The van der Waals surface area contributed by atoms with E-state index in [1.165, 1.54) is 0 Å². The quantitative estimate of drug-likeness (QED) is 0.463. The predicted octanol–water partition coefficient (Wildman–Crippen LogP) is 3.25. The lowest BCUT2D eigenvalue weighted by Gasteiger charge is -2.23. The Labute approximate surface area is 185 Å². The Bertz CT molecular complexity index is 1220. The second-order valence-corrected chi connectivity index (χ2v) is 7.77. The Morgan fingerprint density at radius 2 is 1.81 bits per heavy atom. The minimum atomic E-state index is -0.883. The van der Waals surface area contributed by atoms with Crippen LogP contribution in [-0.2, 0) is 10.2 Å². The molecule has 3 heterocycles. The van der Waals surface area contributed by atoms with Crippen molar-refractivity contribution in [2.75, 3.05) is 13.2 Å². The molecule has 8 nitrogen and oxygen atoms in total. The molecule has 0 aliphatic carbocycles. The van der Waals surface area contributed by atoms with Crippen LogP contribution in [0.1, 0.15) is 19.5 Å². The summed E-state index contributed by atoms with van der Waals surface area (Å²) in [5, 5.41) is 15.8. The van der Waals surface area contributed by atoms with Gasteiger partial charge in [0.15, 0.2) is 5.76 Å². The number of rotatable bonds is 7. The zero-order chi connectivity index (χ0) is 22.6. The Kier molecular flexibility index (Phi) is 6.04. The van der Waals surface area contributed by atoms with Gasteiger partial charge in [-0.05, 0) is 26.0 Å². The number of carbonyl (C=O) groups excluding carboxylic acids is 1. The molecular formula is C24H23N5O3. The maximum atomic E-state index is 12.5. The SMILES string of the molecule is CC(C)(C(=O)NCCO)c1cc(-c2cncc(-c3cc(-c4ccccc4)no3)n2)ccn1. The maximum Gasteiger partial charge on any atom is 0.231 e. The summed E-state index contributed by atoms with van der Waals surface area (Å²) >= 11 is 0. The normalized spacial score (nSPS) is 11.3. The molecule has 0 bridgehead atoms. The molecule has 0 aliphatic heterocycles. The van der Waals surface area contributed by atoms with Crippen LogP contribution in [0.25, 0.3) is 34.0 Å². The van der Waals surface area contributed by atoms with Gasteiger partial charge in [-0.1, -0.05) is 35.5 Å². The fourth-order valence-corrected chi connectivity index (χ4v) is 3.20. The van der Waals surface area contributed by atoms with Crippen molar-refractivity contribution in [2.24, 2.45) is 0 Å². The molecule has 0 radical (unpaired) electrons. The summed E-state index contributed by atoms with van der Waals surface area (Å²) in [4.78, 5) is 25.9. The van der Waals surface area contributed by atoms with E-state index in [-0.39, 0.29) is 19.1 Å². The van der Waals surface area contributed by atoms with Crippen LogP contribution >= 0.6 is 0 Å². The Morgan fingerprint density at radius 1 is 1.03 bits per heavy atom. The largest absolute Gasteiger partial charge is 0.395 e. The van der Waals surface area contributed by atoms with E-state index in [1.807, 2.05) is 48.5 Å². The van der Waals surface area contributed by atoms with Crippen molar-refractivity contribution in [3.63, 3.8) is 0 Å². The van der Waals surface area contributed by atoms with E-state index >= 15 is 0 Å². The van der Waals surface area contributed by atoms with Gasteiger partial charge in [-0.3, -0.25) is 14.8 Å². The third-order valence-corrected chi connectivity index (χ3v) is 5.13. The lowest BCUT2D eigenvalue weighted by atomic mass is 9.86. The topological polar surface area (TPSA) is 114 Å². The number of aliphatic hydroxyl groups excluding tert-OH is 1. The fraction of sp³-hybridized carbons (Fsp3) is 0.208.